The maximum atomic E-state index is 12.4. The number of amides is 1. The van der Waals surface area contributed by atoms with Gasteiger partial charge in [0, 0.05) is 30.7 Å². The second-order valence-electron chi connectivity index (χ2n) is 8.32. The van der Waals surface area contributed by atoms with Crippen LogP contribution in [0.2, 0.25) is 0 Å². The van der Waals surface area contributed by atoms with E-state index in [-0.39, 0.29) is 6.09 Å². The van der Waals surface area contributed by atoms with E-state index in [1.54, 1.807) is 23.5 Å². The largest absolute Gasteiger partial charge is 0.441 e. The van der Waals surface area contributed by atoms with Gasteiger partial charge >= 0.3 is 6.09 Å². The highest BCUT2D eigenvalue weighted by atomic mass is 16.6. The minimum Gasteiger partial charge on any atom is -0.441 e. The first-order valence-electron chi connectivity index (χ1n) is 10.7. The van der Waals surface area contributed by atoms with Crippen LogP contribution in [0.3, 0.4) is 0 Å². The average molecular weight is 415 g/mol. The number of nitrogens with zero attached hydrogens (tertiary/aromatic N) is 4. The topological polar surface area (TPSA) is 80.2 Å². The third-order valence-electron chi connectivity index (χ3n) is 6.26. The van der Waals surface area contributed by atoms with Crippen LogP contribution in [0, 0.1) is 5.92 Å². The molecule has 3 aromatic rings. The van der Waals surface area contributed by atoms with Crippen LogP contribution in [0.5, 0.6) is 0 Å². The molecule has 2 aromatic heterocycles. The van der Waals surface area contributed by atoms with Gasteiger partial charge in [0.25, 0.3) is 0 Å². The highest BCUT2D eigenvalue weighted by molar-refractivity contribution is 5.88. The molecule has 0 unspecified atom stereocenters. The summed E-state index contributed by atoms with van der Waals surface area (Å²) >= 11 is 0. The molecular weight excluding hydrogens is 390 g/mol. The number of hydrogen-bond acceptors (Lipinski definition) is 6. The van der Waals surface area contributed by atoms with Crippen molar-refractivity contribution < 1.29 is 9.53 Å². The average Bonchev–Trinajstić information content (AvgIpc) is 3.16. The molecule has 0 atom stereocenters. The molecule has 7 heteroatoms. The lowest BCUT2D eigenvalue weighted by atomic mass is 9.78. The van der Waals surface area contributed by atoms with Gasteiger partial charge in [-0.25, -0.2) is 14.8 Å². The summed E-state index contributed by atoms with van der Waals surface area (Å²) < 4.78 is 5.81. The summed E-state index contributed by atoms with van der Waals surface area (Å²) in [6.07, 6.45) is 10.1. The molecule has 31 heavy (non-hydrogen) atoms. The van der Waals surface area contributed by atoms with Gasteiger partial charge in [-0.2, -0.15) is 0 Å². The Bertz CT molecular complexity index is 1020. The highest BCUT2D eigenvalue weighted by Gasteiger charge is 2.48. The molecule has 2 aliphatic rings. The zero-order valence-corrected chi connectivity index (χ0v) is 17.3. The molecule has 1 spiro atoms. The zero-order chi connectivity index (χ0) is 21.1. The number of nitrogens with one attached hydrogen (secondary N) is 1. The molecule has 1 saturated carbocycles. The molecule has 2 fully saturated rings. The number of ether oxygens (including phenoxy) is 1. The number of carbonyl (C=O) groups is 1. The van der Waals surface area contributed by atoms with Crippen LogP contribution >= 0.6 is 0 Å². The van der Waals surface area contributed by atoms with Crippen LogP contribution in [-0.4, -0.2) is 39.7 Å². The summed E-state index contributed by atoms with van der Waals surface area (Å²) in [6, 6.07) is 14.4. The Labute approximate surface area is 181 Å². The number of hydrogen-bond donors (Lipinski definition) is 1. The van der Waals surface area contributed by atoms with E-state index in [9.17, 15) is 4.79 Å². The van der Waals surface area contributed by atoms with Gasteiger partial charge in [0.1, 0.15) is 11.4 Å². The summed E-state index contributed by atoms with van der Waals surface area (Å²) in [5.74, 6) is 1.98. The van der Waals surface area contributed by atoms with Crippen molar-refractivity contribution in [2.45, 2.75) is 31.3 Å². The van der Waals surface area contributed by atoms with Gasteiger partial charge in [-0.05, 0) is 49.3 Å². The number of rotatable bonds is 5. The maximum absolute atomic E-state index is 12.4. The second kappa shape index (κ2) is 8.34. The number of benzene rings is 1. The predicted octanol–water partition coefficient (Wildman–Crippen LogP) is 4.54. The quantitative estimate of drug-likeness (QED) is 0.659. The molecule has 1 amide bonds. The van der Waals surface area contributed by atoms with Crippen molar-refractivity contribution in [3.05, 3.63) is 67.3 Å². The minimum atomic E-state index is -0.402. The Morgan fingerprint density at radius 1 is 1.00 bits per heavy atom. The van der Waals surface area contributed by atoms with Gasteiger partial charge in [-0.15, -0.1) is 0 Å². The smallest absolute Gasteiger partial charge is 0.416 e. The molecule has 1 aliphatic carbocycles. The van der Waals surface area contributed by atoms with E-state index in [0.717, 1.165) is 43.6 Å². The monoisotopic (exact) mass is 415 g/mol. The van der Waals surface area contributed by atoms with Crippen LogP contribution in [0.4, 0.5) is 16.4 Å². The Morgan fingerprint density at radius 2 is 1.84 bits per heavy atom. The van der Waals surface area contributed by atoms with Gasteiger partial charge in [0.15, 0.2) is 5.82 Å². The fourth-order valence-corrected chi connectivity index (χ4v) is 4.45. The van der Waals surface area contributed by atoms with Crippen LogP contribution in [0.15, 0.2) is 67.3 Å². The predicted molar refractivity (Wildman–Crippen MR) is 119 cm³/mol. The second-order valence-corrected chi connectivity index (χ2v) is 8.32. The molecule has 0 radical (unpaired) electrons. The van der Waals surface area contributed by atoms with E-state index in [0.29, 0.717) is 18.3 Å². The molecule has 1 aromatic carbocycles. The van der Waals surface area contributed by atoms with Crippen molar-refractivity contribution in [1.29, 1.82) is 0 Å². The zero-order valence-electron chi connectivity index (χ0n) is 17.3. The Hall–Kier alpha value is -3.48. The molecule has 5 rings (SSSR count). The molecule has 1 saturated heterocycles. The van der Waals surface area contributed by atoms with Gasteiger partial charge < -0.3 is 10.1 Å². The minimum absolute atomic E-state index is 0.320. The highest BCUT2D eigenvalue weighted by Crippen LogP contribution is 2.40. The Balaban J connectivity index is 1.14. The van der Waals surface area contributed by atoms with Gasteiger partial charge in [0.05, 0.1) is 12.7 Å². The number of aromatic nitrogens is 3. The summed E-state index contributed by atoms with van der Waals surface area (Å²) in [5, 5.41) is 3.47. The third kappa shape index (κ3) is 4.21. The molecule has 7 nitrogen and oxygen atoms in total. The fourth-order valence-electron chi connectivity index (χ4n) is 4.45. The molecule has 0 bridgehead atoms. The summed E-state index contributed by atoms with van der Waals surface area (Å²) in [7, 11) is 0. The van der Waals surface area contributed by atoms with Crippen molar-refractivity contribution in [3.8, 4) is 11.1 Å². The molecular formula is C24H25N5O2. The van der Waals surface area contributed by atoms with E-state index >= 15 is 0 Å². The van der Waals surface area contributed by atoms with E-state index in [4.69, 9.17) is 4.74 Å². The molecule has 158 valence electrons. The van der Waals surface area contributed by atoms with Crippen LogP contribution in [0.25, 0.3) is 11.1 Å². The lowest BCUT2D eigenvalue weighted by Gasteiger charge is -2.35. The van der Waals surface area contributed by atoms with Gasteiger partial charge in [-0.3, -0.25) is 9.88 Å². The molecule has 3 heterocycles. The van der Waals surface area contributed by atoms with E-state index in [1.165, 1.54) is 5.56 Å². The van der Waals surface area contributed by atoms with Crippen molar-refractivity contribution >= 4 is 17.7 Å². The summed E-state index contributed by atoms with van der Waals surface area (Å²) in [6.45, 7) is 1.42. The number of anilines is 2. The van der Waals surface area contributed by atoms with Crippen molar-refractivity contribution in [2.75, 3.05) is 23.3 Å². The van der Waals surface area contributed by atoms with Crippen molar-refractivity contribution in [1.82, 2.24) is 15.0 Å². The normalized spacial score (nSPS) is 23.0. The first-order valence-corrected chi connectivity index (χ1v) is 10.7. The molecule has 1 aliphatic heterocycles. The fraction of sp³-hybridized carbons (Fsp3) is 0.333. The lowest BCUT2D eigenvalue weighted by molar-refractivity contribution is 0.0148. The van der Waals surface area contributed by atoms with E-state index < -0.39 is 5.60 Å². The van der Waals surface area contributed by atoms with Gasteiger partial charge in [0.2, 0.25) is 0 Å². The van der Waals surface area contributed by atoms with Crippen molar-refractivity contribution in [3.63, 3.8) is 0 Å². The van der Waals surface area contributed by atoms with Crippen LogP contribution in [0.1, 0.15) is 25.7 Å². The van der Waals surface area contributed by atoms with Gasteiger partial charge in [-0.1, -0.05) is 30.3 Å². The Morgan fingerprint density at radius 3 is 2.55 bits per heavy atom. The SMILES string of the molecule is O=C1O[C@]2(CC[C@H](CNc3ccc(-c4ccccc4)cn3)CC2)CN1c1cnccn1. The van der Waals surface area contributed by atoms with Crippen molar-refractivity contribution in [2.24, 2.45) is 5.92 Å². The number of carbonyl (C=O) groups excluding carboxylic acids is 1. The number of pyridine rings is 1. The third-order valence-corrected chi connectivity index (χ3v) is 6.26. The first kappa shape index (κ1) is 19.5. The van der Waals surface area contributed by atoms with Crippen LogP contribution in [-0.2, 0) is 4.74 Å². The standard InChI is InChI=1S/C24H25N5O2/c30-23-29(22-16-25-12-13-26-22)17-24(31-23)10-8-18(9-11-24)14-27-21-7-6-20(15-28-21)19-4-2-1-3-5-19/h1-7,12-13,15-16,18H,8-11,14,17H2,(H,27,28)/t18-,24-. The van der Waals surface area contributed by atoms with Crippen LogP contribution < -0.4 is 10.2 Å². The summed E-state index contributed by atoms with van der Waals surface area (Å²) in [4.78, 5) is 26.8. The first-order chi connectivity index (χ1) is 15.2. The lowest BCUT2D eigenvalue weighted by Crippen LogP contribution is -2.39. The van der Waals surface area contributed by atoms with E-state index in [1.807, 2.05) is 30.5 Å². The van der Waals surface area contributed by atoms with E-state index in [2.05, 4.69) is 38.5 Å². The summed E-state index contributed by atoms with van der Waals surface area (Å²) in [5.41, 5.74) is 1.88. The Kier molecular flexibility index (Phi) is 5.24. The maximum Gasteiger partial charge on any atom is 0.416 e. The molecule has 1 N–H and O–H groups in total.